The van der Waals surface area contributed by atoms with Crippen molar-refractivity contribution < 1.29 is 14.6 Å². The predicted octanol–water partition coefficient (Wildman–Crippen LogP) is 1.06. The molecule has 3 rings (SSSR count). The molecule has 2 N–H and O–H groups in total. The summed E-state index contributed by atoms with van der Waals surface area (Å²) in [7, 11) is 0. The smallest absolute Gasteiger partial charge is 0.223 e. The molecule has 1 aliphatic carbocycles. The standard InChI is InChI=1S/C16H21NO3/c18-15(12-5-7-20-8-6-12)17-11-16(19)9-13-3-1-2-4-14(13)10-16/h1-4,12,19H,5-11H2,(H,17,18). The highest BCUT2D eigenvalue weighted by Gasteiger charge is 2.35. The van der Waals surface area contributed by atoms with Gasteiger partial charge in [-0.1, -0.05) is 24.3 Å². The predicted molar refractivity (Wildman–Crippen MR) is 75.4 cm³/mol. The summed E-state index contributed by atoms with van der Waals surface area (Å²) < 4.78 is 5.26. The molecule has 0 atom stereocenters. The van der Waals surface area contributed by atoms with Crippen LogP contribution in [-0.4, -0.2) is 36.4 Å². The molecule has 0 bridgehead atoms. The second kappa shape index (κ2) is 5.54. The molecule has 0 spiro atoms. The van der Waals surface area contributed by atoms with Crippen molar-refractivity contribution >= 4 is 5.91 Å². The Balaban J connectivity index is 1.55. The maximum absolute atomic E-state index is 12.1. The first-order valence-electron chi connectivity index (χ1n) is 7.31. The highest BCUT2D eigenvalue weighted by atomic mass is 16.5. The van der Waals surface area contributed by atoms with Crippen LogP contribution in [0.2, 0.25) is 0 Å². The fraction of sp³-hybridized carbons (Fsp3) is 0.562. The zero-order chi connectivity index (χ0) is 14.0. The Kier molecular flexibility index (Phi) is 3.76. The van der Waals surface area contributed by atoms with Crippen LogP contribution in [0.3, 0.4) is 0 Å². The maximum Gasteiger partial charge on any atom is 0.223 e. The molecule has 1 saturated heterocycles. The van der Waals surface area contributed by atoms with E-state index in [2.05, 4.69) is 5.32 Å². The molecule has 20 heavy (non-hydrogen) atoms. The van der Waals surface area contributed by atoms with Crippen molar-refractivity contribution in [3.05, 3.63) is 35.4 Å². The van der Waals surface area contributed by atoms with E-state index in [1.54, 1.807) is 0 Å². The average Bonchev–Trinajstić information content (AvgIpc) is 2.82. The minimum Gasteiger partial charge on any atom is -0.387 e. The number of amides is 1. The molecular formula is C16H21NO3. The third-order valence-electron chi connectivity index (χ3n) is 4.34. The largest absolute Gasteiger partial charge is 0.387 e. The first-order valence-corrected chi connectivity index (χ1v) is 7.31. The Hall–Kier alpha value is -1.39. The summed E-state index contributed by atoms with van der Waals surface area (Å²) in [6.07, 6.45) is 2.81. The van der Waals surface area contributed by atoms with Crippen molar-refractivity contribution in [1.29, 1.82) is 0 Å². The minimum atomic E-state index is -0.829. The second-order valence-electron chi connectivity index (χ2n) is 5.95. The van der Waals surface area contributed by atoms with E-state index in [0.717, 1.165) is 12.8 Å². The van der Waals surface area contributed by atoms with E-state index in [-0.39, 0.29) is 11.8 Å². The van der Waals surface area contributed by atoms with Crippen LogP contribution in [0.15, 0.2) is 24.3 Å². The Morgan fingerprint density at radius 3 is 2.45 bits per heavy atom. The fourth-order valence-electron chi connectivity index (χ4n) is 3.15. The molecule has 0 aromatic heterocycles. The zero-order valence-corrected chi connectivity index (χ0v) is 11.6. The zero-order valence-electron chi connectivity index (χ0n) is 11.6. The van der Waals surface area contributed by atoms with Crippen molar-refractivity contribution in [3.63, 3.8) is 0 Å². The molecule has 1 aromatic carbocycles. The summed E-state index contributed by atoms with van der Waals surface area (Å²) in [5.74, 6) is 0.0915. The number of nitrogens with one attached hydrogen (secondary N) is 1. The van der Waals surface area contributed by atoms with Crippen LogP contribution in [0, 0.1) is 5.92 Å². The molecule has 1 aromatic rings. The molecule has 2 aliphatic rings. The second-order valence-corrected chi connectivity index (χ2v) is 5.95. The SMILES string of the molecule is O=C(NCC1(O)Cc2ccccc2C1)C1CCOCC1. The van der Waals surface area contributed by atoms with Crippen molar-refractivity contribution in [2.45, 2.75) is 31.3 Å². The number of carbonyl (C=O) groups excluding carboxylic acids is 1. The molecule has 1 amide bonds. The summed E-state index contributed by atoms with van der Waals surface area (Å²) >= 11 is 0. The lowest BCUT2D eigenvalue weighted by atomic mass is 9.97. The van der Waals surface area contributed by atoms with E-state index < -0.39 is 5.60 Å². The van der Waals surface area contributed by atoms with Gasteiger partial charge in [0.1, 0.15) is 0 Å². The lowest BCUT2D eigenvalue weighted by molar-refractivity contribution is -0.129. The Morgan fingerprint density at radius 2 is 1.85 bits per heavy atom. The normalized spacial score (nSPS) is 21.4. The maximum atomic E-state index is 12.1. The van der Waals surface area contributed by atoms with Gasteiger partial charge in [0.2, 0.25) is 5.91 Å². The number of ether oxygens (including phenoxy) is 1. The van der Waals surface area contributed by atoms with Gasteiger partial charge >= 0.3 is 0 Å². The molecule has 0 radical (unpaired) electrons. The van der Waals surface area contributed by atoms with Crippen LogP contribution >= 0.6 is 0 Å². The van der Waals surface area contributed by atoms with Gasteiger partial charge in [0.25, 0.3) is 0 Å². The summed E-state index contributed by atoms with van der Waals surface area (Å²) in [4.78, 5) is 12.1. The Bertz CT molecular complexity index is 469. The van der Waals surface area contributed by atoms with E-state index in [9.17, 15) is 9.90 Å². The van der Waals surface area contributed by atoms with Gasteiger partial charge < -0.3 is 15.2 Å². The number of hydrogen-bond acceptors (Lipinski definition) is 3. The van der Waals surface area contributed by atoms with Gasteiger partial charge in [-0.05, 0) is 24.0 Å². The van der Waals surface area contributed by atoms with Crippen LogP contribution < -0.4 is 5.32 Å². The van der Waals surface area contributed by atoms with Gasteiger partial charge in [-0.3, -0.25) is 4.79 Å². The number of fused-ring (bicyclic) bond motifs is 1. The van der Waals surface area contributed by atoms with Crippen molar-refractivity contribution in [1.82, 2.24) is 5.32 Å². The van der Waals surface area contributed by atoms with Crippen LogP contribution in [-0.2, 0) is 22.4 Å². The van der Waals surface area contributed by atoms with E-state index in [1.165, 1.54) is 11.1 Å². The van der Waals surface area contributed by atoms with Gasteiger partial charge in [0.15, 0.2) is 0 Å². The Morgan fingerprint density at radius 1 is 1.25 bits per heavy atom. The summed E-state index contributed by atoms with van der Waals surface area (Å²) in [6.45, 7) is 1.65. The van der Waals surface area contributed by atoms with E-state index in [4.69, 9.17) is 4.74 Å². The molecule has 4 heteroatoms. The molecular weight excluding hydrogens is 254 g/mol. The first kappa shape index (κ1) is 13.6. The quantitative estimate of drug-likeness (QED) is 0.867. The first-order chi connectivity index (χ1) is 9.66. The molecule has 1 aliphatic heterocycles. The van der Waals surface area contributed by atoms with Crippen molar-refractivity contribution in [2.75, 3.05) is 19.8 Å². The summed E-state index contributed by atoms with van der Waals surface area (Å²) in [5.41, 5.74) is 1.55. The summed E-state index contributed by atoms with van der Waals surface area (Å²) in [5, 5.41) is 13.5. The van der Waals surface area contributed by atoms with E-state index in [0.29, 0.717) is 32.6 Å². The molecule has 1 heterocycles. The van der Waals surface area contributed by atoms with Gasteiger partial charge in [-0.2, -0.15) is 0 Å². The number of carbonyl (C=O) groups is 1. The third kappa shape index (κ3) is 2.86. The van der Waals surface area contributed by atoms with Gasteiger partial charge in [0, 0.05) is 38.5 Å². The highest BCUT2D eigenvalue weighted by molar-refractivity contribution is 5.78. The number of aliphatic hydroxyl groups is 1. The molecule has 1 fully saturated rings. The highest BCUT2D eigenvalue weighted by Crippen LogP contribution is 2.29. The van der Waals surface area contributed by atoms with E-state index in [1.807, 2.05) is 24.3 Å². The minimum absolute atomic E-state index is 0.0381. The molecule has 4 nitrogen and oxygen atoms in total. The van der Waals surface area contributed by atoms with Crippen LogP contribution in [0.5, 0.6) is 0 Å². The lowest BCUT2D eigenvalue weighted by Gasteiger charge is -2.26. The van der Waals surface area contributed by atoms with Gasteiger partial charge in [-0.15, -0.1) is 0 Å². The molecule has 0 unspecified atom stereocenters. The molecule has 108 valence electrons. The number of rotatable bonds is 3. The average molecular weight is 275 g/mol. The number of hydrogen-bond donors (Lipinski definition) is 2. The monoisotopic (exact) mass is 275 g/mol. The van der Waals surface area contributed by atoms with Crippen molar-refractivity contribution in [3.8, 4) is 0 Å². The summed E-state index contributed by atoms with van der Waals surface area (Å²) in [6, 6.07) is 8.08. The van der Waals surface area contributed by atoms with Gasteiger partial charge in [0.05, 0.1) is 5.60 Å². The third-order valence-corrected chi connectivity index (χ3v) is 4.34. The molecule has 0 saturated carbocycles. The number of benzene rings is 1. The van der Waals surface area contributed by atoms with Crippen LogP contribution in [0.25, 0.3) is 0 Å². The fourth-order valence-corrected chi connectivity index (χ4v) is 3.15. The van der Waals surface area contributed by atoms with Gasteiger partial charge in [-0.25, -0.2) is 0 Å². The lowest BCUT2D eigenvalue weighted by Crippen LogP contribution is -2.46. The van der Waals surface area contributed by atoms with Crippen LogP contribution in [0.4, 0.5) is 0 Å². The topological polar surface area (TPSA) is 58.6 Å². The van der Waals surface area contributed by atoms with Crippen LogP contribution in [0.1, 0.15) is 24.0 Å². The van der Waals surface area contributed by atoms with Crippen molar-refractivity contribution in [2.24, 2.45) is 5.92 Å². The van der Waals surface area contributed by atoms with E-state index >= 15 is 0 Å². The Labute approximate surface area is 119 Å².